The summed E-state index contributed by atoms with van der Waals surface area (Å²) >= 11 is 0. The maximum atomic E-state index is 12.8. The molecule has 0 radical (unpaired) electrons. The minimum Gasteiger partial charge on any atom is -0.507 e. The fraction of sp³-hybridized carbons (Fsp3) is 0.238. The first-order valence-corrected chi connectivity index (χ1v) is 8.70. The molecule has 2 aromatic rings. The van der Waals surface area contributed by atoms with Crippen molar-refractivity contribution in [2.75, 3.05) is 27.4 Å². The van der Waals surface area contributed by atoms with Crippen LogP contribution in [0, 0.1) is 0 Å². The molecule has 1 fully saturated rings. The lowest BCUT2D eigenvalue weighted by molar-refractivity contribution is -0.140. The number of hydrogen-bond acceptors (Lipinski definition) is 6. The van der Waals surface area contributed by atoms with Gasteiger partial charge in [-0.05, 0) is 12.1 Å². The third-order valence-electron chi connectivity index (χ3n) is 4.66. The van der Waals surface area contributed by atoms with E-state index in [2.05, 4.69) is 0 Å². The molecule has 146 valence electrons. The zero-order valence-corrected chi connectivity index (χ0v) is 15.6. The highest BCUT2D eigenvalue weighted by molar-refractivity contribution is 6.46. The molecule has 1 heterocycles. The van der Waals surface area contributed by atoms with E-state index in [9.17, 15) is 19.8 Å². The number of nitrogens with zero attached hydrogens (tertiary/aromatic N) is 1. The lowest BCUT2D eigenvalue weighted by Crippen LogP contribution is -2.32. The molecule has 3 rings (SSSR count). The molecule has 0 unspecified atom stereocenters. The van der Waals surface area contributed by atoms with E-state index in [0.717, 1.165) is 0 Å². The van der Waals surface area contributed by atoms with E-state index in [4.69, 9.17) is 9.47 Å². The number of Topliss-reactive ketones (excluding diaryl/α,β-unsaturated/α-hetero) is 1. The zero-order valence-electron chi connectivity index (χ0n) is 15.6. The first-order chi connectivity index (χ1) is 13.5. The van der Waals surface area contributed by atoms with Gasteiger partial charge < -0.3 is 24.6 Å². The van der Waals surface area contributed by atoms with Crippen molar-refractivity contribution in [2.24, 2.45) is 0 Å². The van der Waals surface area contributed by atoms with Crippen LogP contribution in [0.15, 0.2) is 54.1 Å². The van der Waals surface area contributed by atoms with E-state index in [-0.39, 0.29) is 24.5 Å². The van der Waals surface area contributed by atoms with Crippen LogP contribution in [-0.2, 0) is 9.59 Å². The Balaban J connectivity index is 2.23. The van der Waals surface area contributed by atoms with Crippen LogP contribution < -0.4 is 9.47 Å². The molecule has 1 amide bonds. The molecule has 2 N–H and O–H groups in total. The molecular weight excluding hydrogens is 362 g/mol. The summed E-state index contributed by atoms with van der Waals surface area (Å²) < 4.78 is 10.6. The fourth-order valence-electron chi connectivity index (χ4n) is 3.34. The topological polar surface area (TPSA) is 96.3 Å². The molecule has 0 aromatic heterocycles. The van der Waals surface area contributed by atoms with Crippen LogP contribution >= 0.6 is 0 Å². The Morgan fingerprint density at radius 3 is 2.39 bits per heavy atom. The van der Waals surface area contributed by atoms with Crippen LogP contribution in [0.2, 0.25) is 0 Å². The first kappa shape index (κ1) is 19.4. The summed E-state index contributed by atoms with van der Waals surface area (Å²) in [6, 6.07) is 12.6. The Kier molecular flexibility index (Phi) is 5.65. The standard InChI is InChI=1S/C21H21NO6/c1-27-14-8-9-15(16(12-14)28-2)18-17(19(24)13-6-4-3-5-7-13)20(25)21(26)22(18)10-11-23/h3-9,12,18,23-24H,10-11H2,1-2H3/t18-/m1/s1. The molecule has 0 aliphatic carbocycles. The third kappa shape index (κ3) is 3.32. The van der Waals surface area contributed by atoms with Crippen molar-refractivity contribution >= 4 is 17.4 Å². The predicted octanol–water partition coefficient (Wildman–Crippen LogP) is 2.12. The van der Waals surface area contributed by atoms with Crippen molar-refractivity contribution < 1.29 is 29.3 Å². The van der Waals surface area contributed by atoms with Gasteiger partial charge in [0.2, 0.25) is 0 Å². The number of benzene rings is 2. The summed E-state index contributed by atoms with van der Waals surface area (Å²) in [5.41, 5.74) is 0.878. The summed E-state index contributed by atoms with van der Waals surface area (Å²) in [5.74, 6) is -0.926. The number of carbonyl (C=O) groups excluding carboxylic acids is 2. The number of carbonyl (C=O) groups is 2. The number of likely N-dealkylation sites (tertiary alicyclic amines) is 1. The monoisotopic (exact) mass is 383 g/mol. The van der Waals surface area contributed by atoms with E-state index in [1.165, 1.54) is 19.1 Å². The second-order valence-electron chi connectivity index (χ2n) is 6.19. The van der Waals surface area contributed by atoms with Crippen molar-refractivity contribution in [3.63, 3.8) is 0 Å². The second kappa shape index (κ2) is 8.14. The van der Waals surface area contributed by atoms with Gasteiger partial charge in [-0.15, -0.1) is 0 Å². The number of β-amino-alcohol motifs (C(OH)–C–C–N with tert-alkyl or cyclic N) is 1. The molecule has 7 nitrogen and oxygen atoms in total. The molecule has 0 bridgehead atoms. The number of ketones is 1. The van der Waals surface area contributed by atoms with Crippen molar-refractivity contribution in [3.05, 3.63) is 65.2 Å². The molecule has 0 spiro atoms. The number of rotatable bonds is 6. The van der Waals surface area contributed by atoms with Gasteiger partial charge in [-0.1, -0.05) is 30.3 Å². The highest BCUT2D eigenvalue weighted by atomic mass is 16.5. The summed E-state index contributed by atoms with van der Waals surface area (Å²) in [6.07, 6.45) is 0. The van der Waals surface area contributed by atoms with Crippen LogP contribution in [-0.4, -0.2) is 54.2 Å². The van der Waals surface area contributed by atoms with Gasteiger partial charge in [0.25, 0.3) is 11.7 Å². The van der Waals surface area contributed by atoms with Gasteiger partial charge in [0.15, 0.2) is 0 Å². The summed E-state index contributed by atoms with van der Waals surface area (Å²) in [4.78, 5) is 26.6. The van der Waals surface area contributed by atoms with E-state index < -0.39 is 17.7 Å². The number of ether oxygens (including phenoxy) is 2. The van der Waals surface area contributed by atoms with Gasteiger partial charge in [0.05, 0.1) is 32.4 Å². The van der Waals surface area contributed by atoms with Gasteiger partial charge in [-0.25, -0.2) is 0 Å². The van der Waals surface area contributed by atoms with Gasteiger partial charge in [0, 0.05) is 23.7 Å². The number of methoxy groups -OCH3 is 2. The number of aliphatic hydroxyl groups is 2. The summed E-state index contributed by atoms with van der Waals surface area (Å²) in [7, 11) is 2.98. The molecule has 1 atom stereocenters. The minimum atomic E-state index is -0.895. The van der Waals surface area contributed by atoms with Gasteiger partial charge >= 0.3 is 0 Å². The minimum absolute atomic E-state index is 0.0480. The molecule has 1 saturated heterocycles. The number of aliphatic hydroxyl groups excluding tert-OH is 2. The van der Waals surface area contributed by atoms with E-state index in [1.807, 2.05) is 0 Å². The molecule has 1 aliphatic heterocycles. The van der Waals surface area contributed by atoms with Crippen molar-refractivity contribution in [2.45, 2.75) is 6.04 Å². The third-order valence-corrected chi connectivity index (χ3v) is 4.66. The molecule has 2 aromatic carbocycles. The van der Waals surface area contributed by atoms with Crippen molar-refractivity contribution in [3.8, 4) is 11.5 Å². The molecule has 7 heteroatoms. The van der Waals surface area contributed by atoms with Crippen LogP contribution in [0.25, 0.3) is 5.76 Å². The normalized spacial score (nSPS) is 18.4. The molecule has 0 saturated carbocycles. The van der Waals surface area contributed by atoms with Gasteiger partial charge in [-0.3, -0.25) is 9.59 Å². The average Bonchev–Trinajstić information content (AvgIpc) is 2.98. The fourth-order valence-corrected chi connectivity index (χ4v) is 3.34. The lowest BCUT2D eigenvalue weighted by Gasteiger charge is -2.26. The Labute approximate surface area is 162 Å². The highest BCUT2D eigenvalue weighted by Crippen LogP contribution is 2.43. The van der Waals surface area contributed by atoms with E-state index >= 15 is 0 Å². The molecule has 28 heavy (non-hydrogen) atoms. The SMILES string of the molecule is COc1ccc([C@@H]2C(=C(O)c3ccccc3)C(=O)C(=O)N2CCO)c(OC)c1. The Morgan fingerprint density at radius 1 is 1.07 bits per heavy atom. The van der Waals surface area contributed by atoms with Crippen molar-refractivity contribution in [1.29, 1.82) is 0 Å². The predicted molar refractivity (Wildman–Crippen MR) is 102 cm³/mol. The van der Waals surface area contributed by atoms with E-state index in [0.29, 0.717) is 22.6 Å². The maximum Gasteiger partial charge on any atom is 0.295 e. The largest absolute Gasteiger partial charge is 0.507 e. The average molecular weight is 383 g/mol. The van der Waals surface area contributed by atoms with Gasteiger partial charge in [-0.2, -0.15) is 0 Å². The Bertz CT molecular complexity index is 922. The molecular formula is C21H21NO6. The Morgan fingerprint density at radius 2 is 1.79 bits per heavy atom. The second-order valence-corrected chi connectivity index (χ2v) is 6.19. The van der Waals surface area contributed by atoms with Crippen LogP contribution in [0.5, 0.6) is 11.5 Å². The number of amides is 1. The highest BCUT2D eigenvalue weighted by Gasteiger charge is 2.46. The first-order valence-electron chi connectivity index (χ1n) is 8.70. The van der Waals surface area contributed by atoms with Gasteiger partial charge in [0.1, 0.15) is 17.3 Å². The lowest BCUT2D eigenvalue weighted by atomic mass is 9.94. The Hall–Kier alpha value is -3.32. The summed E-state index contributed by atoms with van der Waals surface area (Å²) in [6.45, 7) is -0.386. The van der Waals surface area contributed by atoms with E-state index in [1.54, 1.807) is 48.5 Å². The molecule has 1 aliphatic rings. The van der Waals surface area contributed by atoms with Crippen LogP contribution in [0.3, 0.4) is 0 Å². The van der Waals surface area contributed by atoms with Crippen molar-refractivity contribution in [1.82, 2.24) is 4.90 Å². The smallest absolute Gasteiger partial charge is 0.295 e. The quantitative estimate of drug-likeness (QED) is 0.451. The zero-order chi connectivity index (χ0) is 20.3. The number of hydrogen-bond donors (Lipinski definition) is 2. The summed E-state index contributed by atoms with van der Waals surface area (Å²) in [5, 5.41) is 20.3. The maximum absolute atomic E-state index is 12.8. The van der Waals surface area contributed by atoms with Crippen LogP contribution in [0.4, 0.5) is 0 Å². The van der Waals surface area contributed by atoms with Crippen LogP contribution in [0.1, 0.15) is 17.2 Å².